The van der Waals surface area contributed by atoms with E-state index in [0.717, 1.165) is 12.8 Å². The number of para-hydroxylation sites is 1. The lowest BCUT2D eigenvalue weighted by atomic mass is 10.1. The highest BCUT2D eigenvalue weighted by Crippen LogP contribution is 2.24. The maximum absolute atomic E-state index is 13.4. The Morgan fingerprint density at radius 1 is 1.59 bits per heavy atom. The molecule has 1 unspecified atom stereocenters. The second-order valence-corrected chi connectivity index (χ2v) is 4.24. The van der Waals surface area contributed by atoms with Crippen molar-refractivity contribution < 1.29 is 9.18 Å². The van der Waals surface area contributed by atoms with Crippen LogP contribution in [0, 0.1) is 5.82 Å². The number of anilines is 1. The number of unbranched alkanes of at least 4 members (excludes halogenated alkanes) is 1. The van der Waals surface area contributed by atoms with Gasteiger partial charge >= 0.3 is 0 Å². The van der Waals surface area contributed by atoms with E-state index in [9.17, 15) is 9.18 Å². The molecule has 0 bridgehead atoms. The third kappa shape index (κ3) is 3.98. The Bertz CT molecular complexity index is 378. The molecule has 0 aliphatic carbocycles. The number of carbonyl (C=O) groups is 1. The van der Waals surface area contributed by atoms with Crippen molar-refractivity contribution in [1.82, 2.24) is 0 Å². The van der Waals surface area contributed by atoms with E-state index >= 15 is 0 Å². The smallest absolute Gasteiger partial charge is 0.241 e. The van der Waals surface area contributed by atoms with Crippen LogP contribution in [-0.2, 0) is 4.79 Å². The summed E-state index contributed by atoms with van der Waals surface area (Å²) in [7, 11) is 0. The van der Waals surface area contributed by atoms with E-state index < -0.39 is 17.8 Å². The zero-order chi connectivity index (χ0) is 12.8. The predicted octanol–water partition coefficient (Wildman–Crippen LogP) is 2.94. The van der Waals surface area contributed by atoms with Crippen LogP contribution in [0.25, 0.3) is 0 Å². The first-order chi connectivity index (χ1) is 8.06. The van der Waals surface area contributed by atoms with Crippen molar-refractivity contribution in [1.29, 1.82) is 0 Å². The number of carbonyl (C=O) groups excluding carboxylic acids is 1. The van der Waals surface area contributed by atoms with E-state index in [2.05, 4.69) is 5.32 Å². The van der Waals surface area contributed by atoms with Crippen LogP contribution in [0.5, 0.6) is 0 Å². The lowest BCUT2D eigenvalue weighted by Gasteiger charge is -2.13. The molecule has 0 spiro atoms. The number of hydrogen-bond donors (Lipinski definition) is 2. The van der Waals surface area contributed by atoms with Gasteiger partial charge in [-0.2, -0.15) is 0 Å². The molecule has 1 aromatic carbocycles. The average molecular weight is 259 g/mol. The maximum Gasteiger partial charge on any atom is 0.241 e. The molecule has 1 aromatic rings. The van der Waals surface area contributed by atoms with Crippen molar-refractivity contribution in [2.24, 2.45) is 5.73 Å². The third-order valence-corrected chi connectivity index (χ3v) is 2.73. The van der Waals surface area contributed by atoms with Crippen molar-refractivity contribution >= 4 is 23.2 Å². The molecule has 0 aromatic heterocycles. The highest BCUT2D eigenvalue weighted by Gasteiger charge is 2.16. The van der Waals surface area contributed by atoms with E-state index in [4.69, 9.17) is 17.3 Å². The Morgan fingerprint density at radius 3 is 2.88 bits per heavy atom. The summed E-state index contributed by atoms with van der Waals surface area (Å²) in [5.41, 5.74) is 5.67. The van der Waals surface area contributed by atoms with Crippen molar-refractivity contribution in [3.05, 3.63) is 29.0 Å². The Hall–Kier alpha value is -1.13. The van der Waals surface area contributed by atoms with Crippen molar-refractivity contribution in [3.63, 3.8) is 0 Å². The molecular weight excluding hydrogens is 243 g/mol. The van der Waals surface area contributed by atoms with Gasteiger partial charge < -0.3 is 11.1 Å². The van der Waals surface area contributed by atoms with E-state index in [1.165, 1.54) is 18.2 Å². The van der Waals surface area contributed by atoms with Gasteiger partial charge in [0, 0.05) is 0 Å². The van der Waals surface area contributed by atoms with Crippen LogP contribution in [0.1, 0.15) is 26.2 Å². The molecule has 5 heteroatoms. The van der Waals surface area contributed by atoms with E-state index in [1.54, 1.807) is 0 Å². The molecule has 0 radical (unpaired) electrons. The van der Waals surface area contributed by atoms with Gasteiger partial charge in [0.15, 0.2) is 0 Å². The van der Waals surface area contributed by atoms with Gasteiger partial charge in [0.1, 0.15) is 5.82 Å². The topological polar surface area (TPSA) is 55.1 Å². The Balaban J connectivity index is 2.68. The SMILES string of the molecule is CCCCC(N)C(=O)Nc1c(F)cccc1Cl. The standard InChI is InChI=1S/C12H16ClFN2O/c1-2-3-7-10(15)12(17)16-11-8(13)5-4-6-9(11)14/h4-6,10H,2-3,7,15H2,1H3,(H,16,17). The summed E-state index contributed by atoms with van der Waals surface area (Å²) in [4.78, 5) is 11.7. The molecule has 1 atom stereocenters. The second-order valence-electron chi connectivity index (χ2n) is 3.83. The van der Waals surface area contributed by atoms with Crippen LogP contribution in [0.2, 0.25) is 5.02 Å². The quantitative estimate of drug-likeness (QED) is 0.853. The lowest BCUT2D eigenvalue weighted by Crippen LogP contribution is -2.35. The number of benzene rings is 1. The number of amides is 1. The predicted molar refractivity (Wildman–Crippen MR) is 67.5 cm³/mol. The summed E-state index contributed by atoms with van der Waals surface area (Å²) in [6.45, 7) is 2.01. The van der Waals surface area contributed by atoms with Gasteiger partial charge in [0.25, 0.3) is 0 Å². The fourth-order valence-electron chi connectivity index (χ4n) is 1.39. The zero-order valence-electron chi connectivity index (χ0n) is 9.67. The van der Waals surface area contributed by atoms with Crippen LogP contribution < -0.4 is 11.1 Å². The number of nitrogens with one attached hydrogen (secondary N) is 1. The van der Waals surface area contributed by atoms with Gasteiger partial charge in [-0.05, 0) is 18.6 Å². The van der Waals surface area contributed by atoms with Crippen molar-refractivity contribution in [2.75, 3.05) is 5.32 Å². The van der Waals surface area contributed by atoms with E-state index in [1.807, 2.05) is 6.92 Å². The lowest BCUT2D eigenvalue weighted by molar-refractivity contribution is -0.117. The Kier molecular flexibility index (Phi) is 5.38. The normalized spacial score (nSPS) is 12.2. The van der Waals surface area contributed by atoms with Gasteiger partial charge in [0.05, 0.1) is 16.8 Å². The van der Waals surface area contributed by atoms with Crippen LogP contribution in [-0.4, -0.2) is 11.9 Å². The van der Waals surface area contributed by atoms with Gasteiger partial charge in [-0.1, -0.05) is 37.4 Å². The summed E-state index contributed by atoms with van der Waals surface area (Å²) in [6, 6.07) is 3.59. The first kappa shape index (κ1) is 13.9. The summed E-state index contributed by atoms with van der Waals surface area (Å²) < 4.78 is 13.4. The van der Waals surface area contributed by atoms with Crippen LogP contribution in [0.15, 0.2) is 18.2 Å². The van der Waals surface area contributed by atoms with Crippen LogP contribution in [0.3, 0.4) is 0 Å². The Morgan fingerprint density at radius 2 is 2.29 bits per heavy atom. The highest BCUT2D eigenvalue weighted by molar-refractivity contribution is 6.33. The second kappa shape index (κ2) is 6.57. The molecule has 0 heterocycles. The number of rotatable bonds is 5. The Labute approximate surface area is 105 Å². The van der Waals surface area contributed by atoms with Crippen molar-refractivity contribution in [2.45, 2.75) is 32.2 Å². The van der Waals surface area contributed by atoms with Crippen LogP contribution >= 0.6 is 11.6 Å². The fourth-order valence-corrected chi connectivity index (χ4v) is 1.60. The summed E-state index contributed by atoms with van der Waals surface area (Å²) in [5.74, 6) is -0.973. The molecule has 94 valence electrons. The average Bonchev–Trinajstić information content (AvgIpc) is 2.30. The van der Waals surface area contributed by atoms with Crippen LogP contribution in [0.4, 0.5) is 10.1 Å². The molecule has 0 fully saturated rings. The monoisotopic (exact) mass is 258 g/mol. The molecule has 0 aliphatic heterocycles. The summed E-state index contributed by atoms with van der Waals surface area (Å²) in [6.07, 6.45) is 2.40. The number of hydrogen-bond acceptors (Lipinski definition) is 2. The molecule has 3 nitrogen and oxygen atoms in total. The minimum atomic E-state index is -0.634. The number of nitrogens with two attached hydrogens (primary N) is 1. The van der Waals surface area contributed by atoms with E-state index in [-0.39, 0.29) is 10.7 Å². The molecule has 0 saturated carbocycles. The molecule has 3 N–H and O–H groups in total. The first-order valence-electron chi connectivity index (χ1n) is 5.56. The molecule has 0 saturated heterocycles. The van der Waals surface area contributed by atoms with Gasteiger partial charge in [-0.3, -0.25) is 4.79 Å². The molecular formula is C12H16ClFN2O. The minimum Gasteiger partial charge on any atom is -0.321 e. The van der Waals surface area contributed by atoms with Gasteiger partial charge in [0.2, 0.25) is 5.91 Å². The molecule has 0 aliphatic rings. The van der Waals surface area contributed by atoms with Gasteiger partial charge in [-0.15, -0.1) is 0 Å². The third-order valence-electron chi connectivity index (χ3n) is 2.42. The first-order valence-corrected chi connectivity index (χ1v) is 5.94. The minimum absolute atomic E-state index is 0.00823. The van der Waals surface area contributed by atoms with E-state index in [0.29, 0.717) is 6.42 Å². The molecule has 1 rings (SSSR count). The zero-order valence-corrected chi connectivity index (χ0v) is 10.4. The fraction of sp³-hybridized carbons (Fsp3) is 0.417. The highest BCUT2D eigenvalue weighted by atomic mass is 35.5. The molecule has 17 heavy (non-hydrogen) atoms. The largest absolute Gasteiger partial charge is 0.321 e. The maximum atomic E-state index is 13.4. The van der Waals surface area contributed by atoms with Gasteiger partial charge in [-0.25, -0.2) is 4.39 Å². The summed E-state index contributed by atoms with van der Waals surface area (Å²) >= 11 is 5.79. The molecule has 1 amide bonds. The summed E-state index contributed by atoms with van der Waals surface area (Å²) in [5, 5.41) is 2.58. The van der Waals surface area contributed by atoms with Crippen molar-refractivity contribution in [3.8, 4) is 0 Å². The number of halogens is 2.